The molecular weight excluding hydrogens is 442 g/mol. The predicted molar refractivity (Wildman–Crippen MR) is 115 cm³/mol. The van der Waals surface area contributed by atoms with Gasteiger partial charge in [-0.05, 0) is 30.3 Å². The number of amides is 1. The molecule has 1 fully saturated rings. The lowest BCUT2D eigenvalue weighted by Crippen LogP contribution is -2.48. The Bertz CT molecular complexity index is 1020. The lowest BCUT2D eigenvalue weighted by atomic mass is 10.1. The van der Waals surface area contributed by atoms with Crippen LogP contribution in [0.5, 0.6) is 11.5 Å². The van der Waals surface area contributed by atoms with Gasteiger partial charge < -0.3 is 19.3 Å². The van der Waals surface area contributed by atoms with Crippen LogP contribution in [0.4, 0.5) is 5.13 Å². The highest BCUT2D eigenvalue weighted by molar-refractivity contribution is 9.10. The van der Waals surface area contributed by atoms with Crippen LogP contribution >= 0.6 is 27.3 Å². The number of piperazine rings is 1. The molecule has 0 saturated carbocycles. The number of methoxy groups -OCH3 is 2. The monoisotopic (exact) mass is 461 g/mol. The van der Waals surface area contributed by atoms with Crippen molar-refractivity contribution < 1.29 is 14.3 Å². The van der Waals surface area contributed by atoms with Crippen molar-refractivity contribution in [1.29, 1.82) is 0 Å². The molecule has 0 aliphatic carbocycles. The van der Waals surface area contributed by atoms with Gasteiger partial charge in [0, 0.05) is 30.7 Å². The van der Waals surface area contributed by atoms with Gasteiger partial charge >= 0.3 is 0 Å². The summed E-state index contributed by atoms with van der Waals surface area (Å²) in [5, 5.41) is 0.999. The van der Waals surface area contributed by atoms with Crippen molar-refractivity contribution in [1.82, 2.24) is 9.88 Å². The van der Waals surface area contributed by atoms with E-state index in [1.807, 2.05) is 23.1 Å². The van der Waals surface area contributed by atoms with E-state index in [4.69, 9.17) is 14.5 Å². The number of ether oxygens (including phenoxy) is 2. The average molecular weight is 462 g/mol. The summed E-state index contributed by atoms with van der Waals surface area (Å²) < 4.78 is 12.9. The summed E-state index contributed by atoms with van der Waals surface area (Å²) in [7, 11) is 3.12. The van der Waals surface area contributed by atoms with E-state index in [1.165, 1.54) is 0 Å². The highest BCUT2D eigenvalue weighted by Gasteiger charge is 2.26. The molecule has 146 valence electrons. The van der Waals surface area contributed by atoms with E-state index in [9.17, 15) is 4.79 Å². The summed E-state index contributed by atoms with van der Waals surface area (Å²) in [5.41, 5.74) is 1.53. The molecule has 8 heteroatoms. The molecular formula is C20H20BrN3O3S. The number of anilines is 1. The van der Waals surface area contributed by atoms with E-state index in [0.717, 1.165) is 32.9 Å². The van der Waals surface area contributed by atoms with Crippen LogP contribution in [0.25, 0.3) is 10.2 Å². The molecule has 6 nitrogen and oxygen atoms in total. The van der Waals surface area contributed by atoms with Crippen molar-refractivity contribution in [3.8, 4) is 11.5 Å². The molecule has 1 saturated heterocycles. The van der Waals surface area contributed by atoms with Gasteiger partial charge in [0.2, 0.25) is 0 Å². The number of nitrogens with zero attached hydrogens (tertiary/aromatic N) is 3. The zero-order valence-corrected chi connectivity index (χ0v) is 18.0. The fraction of sp³-hybridized carbons (Fsp3) is 0.300. The third-order valence-electron chi connectivity index (χ3n) is 4.81. The summed E-state index contributed by atoms with van der Waals surface area (Å²) in [5.74, 6) is 1.01. The maximum atomic E-state index is 13.0. The smallest absolute Gasteiger partial charge is 0.257 e. The number of aromatic nitrogens is 1. The molecule has 28 heavy (non-hydrogen) atoms. The maximum absolute atomic E-state index is 13.0. The zero-order valence-electron chi connectivity index (χ0n) is 15.6. The van der Waals surface area contributed by atoms with Crippen molar-refractivity contribution in [3.05, 3.63) is 46.4 Å². The van der Waals surface area contributed by atoms with E-state index >= 15 is 0 Å². The van der Waals surface area contributed by atoms with Crippen LogP contribution < -0.4 is 14.4 Å². The van der Waals surface area contributed by atoms with Crippen LogP contribution in [0.3, 0.4) is 0 Å². The van der Waals surface area contributed by atoms with Gasteiger partial charge in [0.1, 0.15) is 0 Å². The van der Waals surface area contributed by atoms with Crippen LogP contribution in [0, 0.1) is 0 Å². The van der Waals surface area contributed by atoms with E-state index in [0.29, 0.717) is 30.2 Å². The van der Waals surface area contributed by atoms with E-state index in [1.54, 1.807) is 37.7 Å². The highest BCUT2D eigenvalue weighted by atomic mass is 79.9. The lowest BCUT2D eigenvalue weighted by molar-refractivity contribution is 0.0742. The summed E-state index contributed by atoms with van der Waals surface area (Å²) >= 11 is 5.19. The standard InChI is InChI=1S/C20H20BrN3O3S/c1-26-16-5-3-4-14(18(16)27-2)19(25)23-8-10-24(11-9-23)20-22-15-7-6-13(21)12-17(15)28-20/h3-7,12H,8-11H2,1-2H3. The Morgan fingerprint density at radius 3 is 2.61 bits per heavy atom. The van der Waals surface area contributed by atoms with Crippen molar-refractivity contribution >= 4 is 48.5 Å². The summed E-state index contributed by atoms with van der Waals surface area (Å²) in [4.78, 5) is 21.9. The number of carbonyl (C=O) groups is 1. The Kier molecular flexibility index (Phi) is 5.41. The molecule has 0 bridgehead atoms. The fourth-order valence-corrected chi connectivity index (χ4v) is 4.92. The SMILES string of the molecule is COc1cccc(C(=O)N2CCN(c3nc4ccc(Br)cc4s3)CC2)c1OC. The first-order valence-corrected chi connectivity index (χ1v) is 10.5. The van der Waals surface area contributed by atoms with Gasteiger partial charge in [-0.2, -0.15) is 0 Å². The molecule has 3 aromatic rings. The Balaban J connectivity index is 1.48. The summed E-state index contributed by atoms with van der Waals surface area (Å²) in [6, 6.07) is 11.5. The van der Waals surface area contributed by atoms with Gasteiger partial charge in [-0.15, -0.1) is 0 Å². The fourth-order valence-electron chi connectivity index (χ4n) is 3.35. The van der Waals surface area contributed by atoms with Crippen molar-refractivity contribution in [2.45, 2.75) is 0 Å². The van der Waals surface area contributed by atoms with E-state index in [-0.39, 0.29) is 5.91 Å². The quantitative estimate of drug-likeness (QED) is 0.586. The van der Waals surface area contributed by atoms with Gasteiger partial charge in [-0.1, -0.05) is 33.3 Å². The Morgan fingerprint density at radius 1 is 1.11 bits per heavy atom. The number of rotatable bonds is 4. The number of hydrogen-bond acceptors (Lipinski definition) is 6. The van der Waals surface area contributed by atoms with Gasteiger partial charge in [-0.3, -0.25) is 4.79 Å². The summed E-state index contributed by atoms with van der Waals surface area (Å²) in [6.07, 6.45) is 0. The van der Waals surface area contributed by atoms with Crippen LogP contribution in [0.1, 0.15) is 10.4 Å². The topological polar surface area (TPSA) is 54.9 Å². The third-order valence-corrected chi connectivity index (χ3v) is 6.38. The minimum atomic E-state index is -0.0383. The minimum absolute atomic E-state index is 0.0383. The van der Waals surface area contributed by atoms with Crippen LogP contribution in [0.15, 0.2) is 40.9 Å². The second-order valence-electron chi connectivity index (χ2n) is 6.43. The Hall–Kier alpha value is -2.32. The molecule has 0 radical (unpaired) electrons. The molecule has 4 rings (SSSR count). The molecule has 1 amide bonds. The first kappa shape index (κ1) is 19.0. The first-order valence-electron chi connectivity index (χ1n) is 8.92. The Labute approximate surface area is 175 Å². The number of carbonyl (C=O) groups excluding carboxylic acids is 1. The number of para-hydroxylation sites is 1. The largest absolute Gasteiger partial charge is 0.493 e. The third kappa shape index (κ3) is 3.54. The molecule has 2 heterocycles. The average Bonchev–Trinajstić information content (AvgIpc) is 3.15. The minimum Gasteiger partial charge on any atom is -0.493 e. The second-order valence-corrected chi connectivity index (χ2v) is 8.35. The second kappa shape index (κ2) is 7.97. The van der Waals surface area contributed by atoms with Crippen molar-refractivity contribution in [2.24, 2.45) is 0 Å². The van der Waals surface area contributed by atoms with Crippen LogP contribution in [-0.2, 0) is 0 Å². The van der Waals surface area contributed by atoms with Gasteiger partial charge in [0.05, 0.1) is 30.0 Å². The number of fused-ring (bicyclic) bond motifs is 1. The predicted octanol–water partition coefficient (Wildman–Crippen LogP) is 4.04. The molecule has 1 aromatic heterocycles. The lowest BCUT2D eigenvalue weighted by Gasteiger charge is -2.34. The Morgan fingerprint density at radius 2 is 1.89 bits per heavy atom. The van der Waals surface area contributed by atoms with Gasteiger partial charge in [0.25, 0.3) is 5.91 Å². The highest BCUT2D eigenvalue weighted by Crippen LogP contribution is 2.33. The molecule has 1 aliphatic rings. The summed E-state index contributed by atoms with van der Waals surface area (Å²) in [6.45, 7) is 2.77. The maximum Gasteiger partial charge on any atom is 0.257 e. The molecule has 1 aliphatic heterocycles. The number of hydrogen-bond donors (Lipinski definition) is 0. The molecule has 0 unspecified atom stereocenters. The van der Waals surface area contributed by atoms with Crippen LogP contribution in [0.2, 0.25) is 0 Å². The van der Waals surface area contributed by atoms with Crippen molar-refractivity contribution in [3.63, 3.8) is 0 Å². The van der Waals surface area contributed by atoms with Gasteiger partial charge in [-0.25, -0.2) is 4.98 Å². The number of halogens is 1. The molecule has 0 atom stereocenters. The van der Waals surface area contributed by atoms with Crippen LogP contribution in [-0.4, -0.2) is 56.2 Å². The molecule has 0 N–H and O–H groups in total. The molecule has 2 aromatic carbocycles. The molecule has 0 spiro atoms. The zero-order chi connectivity index (χ0) is 19.7. The van der Waals surface area contributed by atoms with Gasteiger partial charge in [0.15, 0.2) is 16.6 Å². The normalized spacial score (nSPS) is 14.4. The van der Waals surface area contributed by atoms with Crippen molar-refractivity contribution in [2.75, 3.05) is 45.3 Å². The number of thiazole rings is 1. The number of benzene rings is 2. The van der Waals surface area contributed by atoms with E-state index in [2.05, 4.69) is 26.9 Å². The van der Waals surface area contributed by atoms with E-state index < -0.39 is 0 Å². The first-order chi connectivity index (χ1) is 13.6.